The molecule has 0 radical (unpaired) electrons. The first-order valence-electron chi connectivity index (χ1n) is 6.88. The van der Waals surface area contributed by atoms with Gasteiger partial charge in [0.2, 0.25) is 0 Å². The molecule has 2 nitrogen and oxygen atoms in total. The van der Waals surface area contributed by atoms with E-state index in [0.717, 1.165) is 32.0 Å². The first-order chi connectivity index (χ1) is 9.48. The fourth-order valence-corrected chi connectivity index (χ4v) is 2.61. The van der Waals surface area contributed by atoms with Gasteiger partial charge in [-0.05, 0) is 44.3 Å². The smallest absolute Gasteiger partial charge is 0.316 e. The molecule has 1 N–H and O–H groups in total. The summed E-state index contributed by atoms with van der Waals surface area (Å²) in [6.45, 7) is 1.84. The molecule has 0 saturated carbocycles. The summed E-state index contributed by atoms with van der Waals surface area (Å²) < 4.78 is 38.5. The van der Waals surface area contributed by atoms with E-state index >= 15 is 0 Å². The lowest BCUT2D eigenvalue weighted by molar-refractivity contribution is -0.137. The van der Waals surface area contributed by atoms with E-state index in [0.29, 0.717) is 12.3 Å². The zero-order chi connectivity index (χ0) is 14.6. The lowest BCUT2D eigenvalue weighted by Crippen LogP contribution is -2.30. The molecule has 5 heteroatoms. The van der Waals surface area contributed by atoms with Gasteiger partial charge in [-0.25, -0.2) is 0 Å². The fourth-order valence-electron chi connectivity index (χ4n) is 2.61. The molecule has 0 bridgehead atoms. The second-order valence-electron chi connectivity index (χ2n) is 5.22. The molecule has 1 aromatic carbocycles. The van der Waals surface area contributed by atoms with Gasteiger partial charge in [-0.15, -0.1) is 0 Å². The largest absolute Gasteiger partial charge is 0.417 e. The van der Waals surface area contributed by atoms with Crippen LogP contribution in [0, 0.1) is 5.92 Å². The predicted molar refractivity (Wildman–Crippen MR) is 70.6 cm³/mol. The van der Waals surface area contributed by atoms with Gasteiger partial charge in [-0.2, -0.15) is 13.2 Å². The Morgan fingerprint density at radius 3 is 2.70 bits per heavy atom. The third-order valence-electron chi connectivity index (χ3n) is 3.71. The molecule has 1 aromatic rings. The zero-order valence-electron chi connectivity index (χ0n) is 11.2. The maximum atomic E-state index is 12.8. The van der Waals surface area contributed by atoms with Gasteiger partial charge in [-0.1, -0.05) is 18.2 Å². The van der Waals surface area contributed by atoms with Crippen LogP contribution in [0.3, 0.4) is 0 Å². The topological polar surface area (TPSA) is 29.1 Å². The van der Waals surface area contributed by atoms with Crippen LogP contribution in [-0.2, 0) is 6.18 Å². The number of rotatable bonds is 4. The second-order valence-corrected chi connectivity index (χ2v) is 5.22. The molecule has 0 aliphatic carbocycles. The first kappa shape index (κ1) is 15.0. The van der Waals surface area contributed by atoms with Crippen molar-refractivity contribution in [3.8, 4) is 0 Å². The van der Waals surface area contributed by atoms with E-state index in [1.54, 1.807) is 0 Å². The molecule has 1 heterocycles. The van der Waals surface area contributed by atoms with Gasteiger partial charge < -0.3 is 5.32 Å². The molecule has 0 aromatic heterocycles. The second kappa shape index (κ2) is 6.39. The quantitative estimate of drug-likeness (QED) is 0.855. The van der Waals surface area contributed by atoms with Crippen molar-refractivity contribution in [3.05, 3.63) is 35.4 Å². The fraction of sp³-hybridized carbons (Fsp3) is 0.533. The van der Waals surface area contributed by atoms with Crippen LogP contribution < -0.4 is 5.32 Å². The van der Waals surface area contributed by atoms with Gasteiger partial charge in [0.05, 0.1) is 5.56 Å². The summed E-state index contributed by atoms with van der Waals surface area (Å²) in [5.74, 6) is -0.0192. The van der Waals surface area contributed by atoms with Gasteiger partial charge in [-0.3, -0.25) is 4.79 Å². The van der Waals surface area contributed by atoms with Crippen molar-refractivity contribution in [1.29, 1.82) is 0 Å². The summed E-state index contributed by atoms with van der Waals surface area (Å²) in [6, 6.07) is 5.02. The number of Topliss-reactive ketones (excluding diaryl/α,β-unsaturated/α-hetero) is 1. The highest BCUT2D eigenvalue weighted by atomic mass is 19.4. The van der Waals surface area contributed by atoms with E-state index in [4.69, 9.17) is 0 Å². The molecule has 2 rings (SSSR count). The molecule has 1 saturated heterocycles. The molecule has 1 atom stereocenters. The van der Waals surface area contributed by atoms with Crippen LogP contribution in [0.2, 0.25) is 0 Å². The number of ketones is 1. The monoisotopic (exact) mass is 285 g/mol. The highest BCUT2D eigenvalue weighted by Gasteiger charge is 2.34. The Morgan fingerprint density at radius 2 is 2.05 bits per heavy atom. The van der Waals surface area contributed by atoms with E-state index in [1.807, 2.05) is 0 Å². The van der Waals surface area contributed by atoms with Crippen molar-refractivity contribution in [2.45, 2.75) is 31.9 Å². The lowest BCUT2D eigenvalue weighted by Gasteiger charge is -2.22. The minimum absolute atomic E-state index is 0.180. The average Bonchev–Trinajstić information content (AvgIpc) is 2.45. The number of hydrogen-bond acceptors (Lipinski definition) is 2. The van der Waals surface area contributed by atoms with Gasteiger partial charge in [0, 0.05) is 12.0 Å². The van der Waals surface area contributed by atoms with E-state index < -0.39 is 17.5 Å². The predicted octanol–water partition coefficient (Wildman–Crippen LogP) is 3.67. The Kier molecular flexibility index (Phi) is 4.81. The SMILES string of the molecule is O=C(CCC1CCCNC1)c1ccccc1C(F)(F)F. The molecule has 1 fully saturated rings. The van der Waals surface area contributed by atoms with Crippen molar-refractivity contribution < 1.29 is 18.0 Å². The summed E-state index contributed by atoms with van der Waals surface area (Å²) in [5.41, 5.74) is -1.03. The van der Waals surface area contributed by atoms with Crippen molar-refractivity contribution in [2.24, 2.45) is 5.92 Å². The van der Waals surface area contributed by atoms with Gasteiger partial charge in [0.25, 0.3) is 0 Å². The number of carbonyl (C=O) groups excluding carboxylic acids is 1. The molecule has 1 aliphatic heterocycles. The molecular weight excluding hydrogens is 267 g/mol. The first-order valence-corrected chi connectivity index (χ1v) is 6.88. The maximum absolute atomic E-state index is 12.8. The van der Waals surface area contributed by atoms with Crippen LogP contribution in [-0.4, -0.2) is 18.9 Å². The van der Waals surface area contributed by atoms with Gasteiger partial charge in [0.1, 0.15) is 0 Å². The van der Waals surface area contributed by atoms with Crippen LogP contribution in [0.15, 0.2) is 24.3 Å². The minimum Gasteiger partial charge on any atom is -0.316 e. The average molecular weight is 285 g/mol. The van der Waals surface area contributed by atoms with E-state index in [2.05, 4.69) is 5.32 Å². The van der Waals surface area contributed by atoms with E-state index in [-0.39, 0.29) is 12.0 Å². The number of hydrogen-bond donors (Lipinski definition) is 1. The summed E-state index contributed by atoms with van der Waals surface area (Å²) in [6.07, 6.45) is -1.53. The van der Waals surface area contributed by atoms with Crippen LogP contribution in [0.1, 0.15) is 41.6 Å². The molecule has 1 aliphatic rings. The zero-order valence-corrected chi connectivity index (χ0v) is 11.2. The normalized spacial score (nSPS) is 19.9. The Hall–Kier alpha value is -1.36. The van der Waals surface area contributed by atoms with Gasteiger partial charge in [0.15, 0.2) is 5.78 Å². The van der Waals surface area contributed by atoms with Crippen LogP contribution in [0.25, 0.3) is 0 Å². The summed E-state index contributed by atoms with van der Waals surface area (Å²) in [4.78, 5) is 12.0. The summed E-state index contributed by atoms with van der Waals surface area (Å²) >= 11 is 0. The molecule has 110 valence electrons. The molecule has 0 spiro atoms. The van der Waals surface area contributed by atoms with Crippen LogP contribution >= 0.6 is 0 Å². The third kappa shape index (κ3) is 3.82. The molecular formula is C15H18F3NO. The van der Waals surface area contributed by atoms with E-state index in [1.165, 1.54) is 18.2 Å². The number of halogens is 3. The Bertz CT molecular complexity index is 464. The highest BCUT2D eigenvalue weighted by molar-refractivity contribution is 5.97. The third-order valence-corrected chi connectivity index (χ3v) is 3.71. The number of benzene rings is 1. The number of nitrogens with one attached hydrogen (secondary N) is 1. The number of piperidine rings is 1. The minimum atomic E-state index is -4.47. The Balaban J connectivity index is 2.02. The van der Waals surface area contributed by atoms with Crippen molar-refractivity contribution in [3.63, 3.8) is 0 Å². The standard InChI is InChI=1S/C15H18F3NO/c16-15(17,18)13-6-2-1-5-12(13)14(20)8-7-11-4-3-9-19-10-11/h1-2,5-6,11,19H,3-4,7-10H2. The van der Waals surface area contributed by atoms with Crippen molar-refractivity contribution in [2.75, 3.05) is 13.1 Å². The summed E-state index contributed by atoms with van der Waals surface area (Å²) in [7, 11) is 0. The van der Waals surface area contributed by atoms with Crippen LogP contribution in [0.5, 0.6) is 0 Å². The Labute approximate surface area is 116 Å². The molecule has 1 unspecified atom stereocenters. The van der Waals surface area contributed by atoms with Gasteiger partial charge >= 0.3 is 6.18 Å². The van der Waals surface area contributed by atoms with E-state index in [9.17, 15) is 18.0 Å². The Morgan fingerprint density at radius 1 is 1.30 bits per heavy atom. The maximum Gasteiger partial charge on any atom is 0.417 e. The number of carbonyl (C=O) groups is 1. The van der Waals surface area contributed by atoms with Crippen molar-refractivity contribution in [1.82, 2.24) is 5.32 Å². The molecule has 0 amide bonds. The number of alkyl halides is 3. The highest BCUT2D eigenvalue weighted by Crippen LogP contribution is 2.32. The van der Waals surface area contributed by atoms with Crippen molar-refractivity contribution >= 4 is 5.78 Å². The molecule has 20 heavy (non-hydrogen) atoms. The lowest BCUT2D eigenvalue weighted by atomic mass is 9.91. The van der Waals surface area contributed by atoms with Crippen LogP contribution in [0.4, 0.5) is 13.2 Å². The summed E-state index contributed by atoms with van der Waals surface area (Å²) in [5, 5.41) is 3.24.